The Hall–Kier alpha value is -0.0800. The van der Waals surface area contributed by atoms with E-state index in [9.17, 15) is 0 Å². The van der Waals surface area contributed by atoms with Crippen molar-refractivity contribution in [3.8, 4) is 0 Å². The van der Waals surface area contributed by atoms with Gasteiger partial charge < -0.3 is 10.2 Å². The second kappa shape index (κ2) is 10.0. The van der Waals surface area contributed by atoms with Crippen LogP contribution >= 0.6 is 0 Å². The number of hydrogen-bond donors (Lipinski definition) is 2. The fourth-order valence-corrected chi connectivity index (χ4v) is 1.53. The zero-order valence-corrected chi connectivity index (χ0v) is 8.84. The van der Waals surface area contributed by atoms with Crippen molar-refractivity contribution in [2.75, 3.05) is 13.2 Å². The molecule has 0 unspecified atom stereocenters. The van der Waals surface area contributed by atoms with Crippen LogP contribution < -0.4 is 0 Å². The average molecular weight is 188 g/mol. The van der Waals surface area contributed by atoms with Gasteiger partial charge in [0.05, 0.1) is 0 Å². The highest BCUT2D eigenvalue weighted by atomic mass is 16.3. The molecule has 0 bridgehead atoms. The van der Waals surface area contributed by atoms with Crippen LogP contribution in [0.2, 0.25) is 0 Å². The number of hydrogen-bond acceptors (Lipinski definition) is 2. The molecule has 13 heavy (non-hydrogen) atoms. The van der Waals surface area contributed by atoms with E-state index in [1.54, 1.807) is 0 Å². The van der Waals surface area contributed by atoms with Crippen LogP contribution in [-0.2, 0) is 0 Å². The van der Waals surface area contributed by atoms with Gasteiger partial charge in [-0.05, 0) is 18.8 Å². The molecule has 1 rings (SSSR count). The normalized spacial score (nSPS) is 17.8. The van der Waals surface area contributed by atoms with Crippen molar-refractivity contribution < 1.29 is 10.2 Å². The predicted octanol–water partition coefficient (Wildman–Crippen LogP) is 2.34. The van der Waals surface area contributed by atoms with Gasteiger partial charge in [0.2, 0.25) is 0 Å². The maximum Gasteiger partial charge on any atom is 0.0431 e. The molecule has 0 amide bonds. The van der Waals surface area contributed by atoms with E-state index in [0.29, 0.717) is 0 Å². The van der Waals surface area contributed by atoms with Crippen molar-refractivity contribution >= 4 is 0 Å². The van der Waals surface area contributed by atoms with Gasteiger partial charge in [-0.3, -0.25) is 0 Å². The van der Waals surface area contributed by atoms with Crippen LogP contribution in [0.4, 0.5) is 0 Å². The lowest BCUT2D eigenvalue weighted by Gasteiger charge is -2.15. The molecule has 0 aromatic carbocycles. The lowest BCUT2D eigenvalue weighted by atomic mass is 9.91. The molecule has 0 aliphatic heterocycles. The molecular weight excluding hydrogens is 164 g/mol. The van der Waals surface area contributed by atoms with Gasteiger partial charge in [-0.25, -0.2) is 0 Å². The fourth-order valence-electron chi connectivity index (χ4n) is 1.53. The number of aliphatic hydroxyl groups is 2. The summed E-state index contributed by atoms with van der Waals surface area (Å²) >= 11 is 0. The molecule has 1 saturated carbocycles. The molecule has 0 heterocycles. The van der Waals surface area contributed by atoms with Gasteiger partial charge in [0.25, 0.3) is 0 Å². The Labute approximate surface area is 82.0 Å². The molecular formula is C11H24O2. The molecule has 0 radical (unpaired) electrons. The third-order valence-corrected chi connectivity index (χ3v) is 2.46. The molecule has 0 aromatic rings. The highest BCUT2D eigenvalue weighted by molar-refractivity contribution is 4.59. The SMILES string of the molecule is CC1CCCCC1.OCCCCO. The average Bonchev–Trinajstić information content (AvgIpc) is 2.17. The summed E-state index contributed by atoms with van der Waals surface area (Å²) < 4.78 is 0. The van der Waals surface area contributed by atoms with Gasteiger partial charge >= 0.3 is 0 Å². The first kappa shape index (κ1) is 12.9. The van der Waals surface area contributed by atoms with Gasteiger partial charge in [-0.1, -0.05) is 39.0 Å². The van der Waals surface area contributed by atoms with Crippen LogP contribution in [-0.4, -0.2) is 23.4 Å². The summed E-state index contributed by atoms with van der Waals surface area (Å²) in [7, 11) is 0. The van der Waals surface area contributed by atoms with Gasteiger partial charge in [0.15, 0.2) is 0 Å². The summed E-state index contributed by atoms with van der Waals surface area (Å²) in [4.78, 5) is 0. The molecule has 2 heteroatoms. The van der Waals surface area contributed by atoms with Crippen molar-refractivity contribution in [2.45, 2.75) is 51.9 Å². The second-order valence-electron chi connectivity index (χ2n) is 3.90. The summed E-state index contributed by atoms with van der Waals surface area (Å²) in [6.07, 6.45) is 8.87. The lowest BCUT2D eigenvalue weighted by Crippen LogP contribution is -1.99. The summed E-state index contributed by atoms with van der Waals surface area (Å²) in [5, 5.41) is 16.2. The topological polar surface area (TPSA) is 40.5 Å². The molecule has 1 fully saturated rings. The zero-order valence-electron chi connectivity index (χ0n) is 8.84. The van der Waals surface area contributed by atoms with Crippen LogP contribution in [0, 0.1) is 5.92 Å². The number of unbranched alkanes of at least 4 members (excludes halogenated alkanes) is 1. The smallest absolute Gasteiger partial charge is 0.0431 e. The predicted molar refractivity (Wildman–Crippen MR) is 55.7 cm³/mol. The van der Waals surface area contributed by atoms with Crippen LogP contribution in [0.5, 0.6) is 0 Å². The van der Waals surface area contributed by atoms with Gasteiger partial charge in [0.1, 0.15) is 0 Å². The van der Waals surface area contributed by atoms with Crippen LogP contribution in [0.25, 0.3) is 0 Å². The van der Waals surface area contributed by atoms with E-state index in [1.165, 1.54) is 32.1 Å². The quantitative estimate of drug-likeness (QED) is 0.667. The Kier molecular flexibility index (Phi) is 9.94. The first-order chi connectivity index (χ1) is 6.31. The molecule has 80 valence electrons. The van der Waals surface area contributed by atoms with Crippen LogP contribution in [0.15, 0.2) is 0 Å². The van der Waals surface area contributed by atoms with E-state index in [2.05, 4.69) is 6.92 Å². The van der Waals surface area contributed by atoms with E-state index in [4.69, 9.17) is 10.2 Å². The molecule has 0 spiro atoms. The first-order valence-electron chi connectivity index (χ1n) is 5.53. The van der Waals surface area contributed by atoms with Crippen molar-refractivity contribution in [1.82, 2.24) is 0 Å². The van der Waals surface area contributed by atoms with Crippen molar-refractivity contribution in [2.24, 2.45) is 5.92 Å². The third-order valence-electron chi connectivity index (χ3n) is 2.46. The summed E-state index contributed by atoms with van der Waals surface area (Å²) in [6.45, 7) is 2.75. The van der Waals surface area contributed by atoms with Crippen molar-refractivity contribution in [1.29, 1.82) is 0 Å². The maximum absolute atomic E-state index is 8.09. The highest BCUT2D eigenvalue weighted by Gasteiger charge is 2.05. The largest absolute Gasteiger partial charge is 0.396 e. The lowest BCUT2D eigenvalue weighted by molar-refractivity contribution is 0.242. The second-order valence-corrected chi connectivity index (χ2v) is 3.90. The molecule has 0 saturated heterocycles. The maximum atomic E-state index is 8.09. The van der Waals surface area contributed by atoms with Gasteiger partial charge in [-0.2, -0.15) is 0 Å². The Morgan fingerprint density at radius 2 is 1.38 bits per heavy atom. The molecule has 2 N–H and O–H groups in total. The Morgan fingerprint density at radius 1 is 0.923 bits per heavy atom. The minimum Gasteiger partial charge on any atom is -0.396 e. The Morgan fingerprint density at radius 3 is 1.62 bits per heavy atom. The molecule has 1 aliphatic carbocycles. The Bertz CT molecular complexity index is 84.1. The van der Waals surface area contributed by atoms with E-state index in [-0.39, 0.29) is 13.2 Å². The summed E-state index contributed by atoms with van der Waals surface area (Å²) in [5.41, 5.74) is 0. The standard InChI is InChI=1S/C7H14.C4H10O2/c1-7-5-3-2-4-6-7;5-3-1-2-4-6/h7H,2-6H2,1H3;5-6H,1-4H2. The van der Waals surface area contributed by atoms with Crippen LogP contribution in [0.1, 0.15) is 51.9 Å². The molecule has 1 aliphatic rings. The zero-order chi connectivity index (χ0) is 9.94. The minimum atomic E-state index is 0.195. The monoisotopic (exact) mass is 188 g/mol. The summed E-state index contributed by atoms with van der Waals surface area (Å²) in [5.74, 6) is 1.04. The van der Waals surface area contributed by atoms with E-state index in [0.717, 1.165) is 18.8 Å². The minimum absolute atomic E-state index is 0.195. The third kappa shape index (κ3) is 9.84. The van der Waals surface area contributed by atoms with Gasteiger partial charge in [0, 0.05) is 13.2 Å². The summed E-state index contributed by atoms with van der Waals surface area (Å²) in [6, 6.07) is 0. The number of aliphatic hydroxyl groups excluding tert-OH is 2. The van der Waals surface area contributed by atoms with Gasteiger partial charge in [-0.15, -0.1) is 0 Å². The molecule has 0 atom stereocenters. The van der Waals surface area contributed by atoms with E-state index in [1.807, 2.05) is 0 Å². The van der Waals surface area contributed by atoms with E-state index < -0.39 is 0 Å². The fraction of sp³-hybridized carbons (Fsp3) is 1.00. The number of rotatable bonds is 3. The van der Waals surface area contributed by atoms with Crippen molar-refractivity contribution in [3.63, 3.8) is 0 Å². The van der Waals surface area contributed by atoms with Crippen LogP contribution in [0.3, 0.4) is 0 Å². The van der Waals surface area contributed by atoms with Crippen molar-refractivity contribution in [3.05, 3.63) is 0 Å². The molecule has 0 aromatic heterocycles. The highest BCUT2D eigenvalue weighted by Crippen LogP contribution is 2.22. The Balaban J connectivity index is 0.000000226. The molecule has 2 nitrogen and oxygen atoms in total. The first-order valence-corrected chi connectivity index (χ1v) is 5.53. The van der Waals surface area contributed by atoms with E-state index >= 15 is 0 Å².